The monoisotopic (exact) mass is 265 g/mol. The molecule has 2 rings (SSSR count). The molecule has 2 aliphatic rings. The van der Waals surface area contributed by atoms with Crippen molar-refractivity contribution >= 4 is 11.9 Å². The number of nitrogens with one attached hydrogen (secondary N) is 2. The van der Waals surface area contributed by atoms with Gasteiger partial charge in [-0.2, -0.15) is 0 Å². The Bertz CT molecular complexity index is 323. The molecule has 0 radical (unpaired) electrons. The summed E-state index contributed by atoms with van der Waals surface area (Å²) in [5.41, 5.74) is 0. The fraction of sp³-hybridized carbons (Fsp3) is 0.867. The van der Waals surface area contributed by atoms with E-state index in [9.17, 15) is 4.79 Å². The van der Waals surface area contributed by atoms with Crippen LogP contribution in [0.3, 0.4) is 0 Å². The third-order valence-corrected chi connectivity index (χ3v) is 3.83. The summed E-state index contributed by atoms with van der Waals surface area (Å²) in [6.07, 6.45) is 12.3. The van der Waals surface area contributed by atoms with Gasteiger partial charge in [0, 0.05) is 6.04 Å². The molecule has 0 bridgehead atoms. The third-order valence-electron chi connectivity index (χ3n) is 3.83. The van der Waals surface area contributed by atoms with Crippen molar-refractivity contribution in [3.63, 3.8) is 0 Å². The Morgan fingerprint density at radius 1 is 1.16 bits per heavy atom. The zero-order chi connectivity index (χ0) is 13.5. The largest absolute Gasteiger partial charge is 0.353 e. The Kier molecular flexibility index (Phi) is 5.67. The number of carbonyl (C=O) groups excluding carboxylic acids is 1. The molecule has 2 N–H and O–H groups in total. The lowest BCUT2D eigenvalue weighted by molar-refractivity contribution is -0.120. The molecule has 19 heavy (non-hydrogen) atoms. The van der Waals surface area contributed by atoms with Crippen molar-refractivity contribution in [1.82, 2.24) is 10.6 Å². The molecule has 1 heterocycles. The molecule has 4 nitrogen and oxygen atoms in total. The van der Waals surface area contributed by atoms with Crippen molar-refractivity contribution in [2.45, 2.75) is 83.2 Å². The second-order valence-electron chi connectivity index (χ2n) is 5.81. The van der Waals surface area contributed by atoms with E-state index in [0.29, 0.717) is 12.0 Å². The van der Waals surface area contributed by atoms with Gasteiger partial charge in [-0.1, -0.05) is 51.9 Å². The zero-order valence-corrected chi connectivity index (χ0v) is 12.1. The number of amides is 1. The number of rotatable bonds is 9. The van der Waals surface area contributed by atoms with Crippen LogP contribution in [0, 0.1) is 0 Å². The second-order valence-corrected chi connectivity index (χ2v) is 5.81. The number of hydrogen-bond donors (Lipinski definition) is 2. The topological polar surface area (TPSA) is 53.5 Å². The number of nitrogens with zero attached hydrogens (tertiary/aromatic N) is 1. The molecule has 0 aromatic carbocycles. The van der Waals surface area contributed by atoms with Gasteiger partial charge >= 0.3 is 0 Å². The first-order valence-electron chi connectivity index (χ1n) is 7.95. The molecule has 1 aliphatic carbocycles. The van der Waals surface area contributed by atoms with Crippen LogP contribution in [0.25, 0.3) is 0 Å². The van der Waals surface area contributed by atoms with Gasteiger partial charge < -0.3 is 5.32 Å². The minimum absolute atomic E-state index is 0.0779. The van der Waals surface area contributed by atoms with E-state index in [1.807, 2.05) is 0 Å². The van der Waals surface area contributed by atoms with Gasteiger partial charge in [0.1, 0.15) is 6.04 Å². The van der Waals surface area contributed by atoms with Crippen LogP contribution in [0.5, 0.6) is 0 Å². The van der Waals surface area contributed by atoms with Gasteiger partial charge in [-0.15, -0.1) is 0 Å². The Hall–Kier alpha value is -1.06. The van der Waals surface area contributed by atoms with Gasteiger partial charge in [-0.3, -0.25) is 10.1 Å². The normalized spacial score (nSPS) is 22.3. The van der Waals surface area contributed by atoms with Crippen molar-refractivity contribution in [3.8, 4) is 0 Å². The summed E-state index contributed by atoms with van der Waals surface area (Å²) in [7, 11) is 0. The lowest BCUT2D eigenvalue weighted by Crippen LogP contribution is -2.38. The first kappa shape index (κ1) is 14.4. The van der Waals surface area contributed by atoms with Crippen molar-refractivity contribution in [3.05, 3.63) is 0 Å². The summed E-state index contributed by atoms with van der Waals surface area (Å²) in [6, 6.07) is 0.410. The molecule has 0 aromatic rings. The van der Waals surface area contributed by atoms with Crippen LogP contribution in [0.4, 0.5) is 0 Å². The molecular formula is C15H27N3O. The van der Waals surface area contributed by atoms with Crippen LogP contribution >= 0.6 is 0 Å². The van der Waals surface area contributed by atoms with E-state index in [1.54, 1.807) is 0 Å². The minimum Gasteiger partial charge on any atom is -0.353 e. The maximum Gasteiger partial charge on any atom is 0.251 e. The molecule has 1 aliphatic heterocycles. The second kappa shape index (κ2) is 7.51. The summed E-state index contributed by atoms with van der Waals surface area (Å²) >= 11 is 0. The van der Waals surface area contributed by atoms with Crippen LogP contribution < -0.4 is 10.6 Å². The summed E-state index contributed by atoms with van der Waals surface area (Å²) in [6.45, 7) is 2.24. The molecule has 0 spiro atoms. The SMILES string of the molecule is CCCCCCCCCC1N=C(NC2CC2)NC1=O. The fourth-order valence-corrected chi connectivity index (χ4v) is 2.43. The molecule has 1 unspecified atom stereocenters. The molecule has 0 aromatic heterocycles. The van der Waals surface area contributed by atoms with Gasteiger partial charge in [-0.05, 0) is 19.3 Å². The van der Waals surface area contributed by atoms with Crippen LogP contribution in [0.1, 0.15) is 71.1 Å². The average Bonchev–Trinajstić information content (AvgIpc) is 3.13. The Morgan fingerprint density at radius 2 is 1.84 bits per heavy atom. The van der Waals surface area contributed by atoms with Gasteiger partial charge in [0.15, 0.2) is 5.96 Å². The molecule has 4 heteroatoms. The van der Waals surface area contributed by atoms with Crippen molar-refractivity contribution in [2.75, 3.05) is 0 Å². The first-order chi connectivity index (χ1) is 9.29. The molecule has 1 amide bonds. The number of aliphatic imine (C=N–C) groups is 1. The Balaban J connectivity index is 1.54. The summed E-state index contributed by atoms with van der Waals surface area (Å²) in [5, 5.41) is 6.10. The molecular weight excluding hydrogens is 238 g/mol. The summed E-state index contributed by atoms with van der Waals surface area (Å²) in [5.74, 6) is 0.787. The van der Waals surface area contributed by atoms with E-state index in [4.69, 9.17) is 0 Å². The molecule has 1 saturated carbocycles. The van der Waals surface area contributed by atoms with Gasteiger partial charge in [-0.25, -0.2) is 4.99 Å². The van der Waals surface area contributed by atoms with Crippen molar-refractivity contribution < 1.29 is 4.79 Å². The lowest BCUT2D eigenvalue weighted by Gasteiger charge is -2.04. The highest BCUT2D eigenvalue weighted by Crippen LogP contribution is 2.19. The van der Waals surface area contributed by atoms with E-state index in [1.165, 1.54) is 51.4 Å². The van der Waals surface area contributed by atoms with E-state index >= 15 is 0 Å². The molecule has 0 saturated heterocycles. The predicted octanol–water partition coefficient (Wildman–Crippen LogP) is 2.73. The van der Waals surface area contributed by atoms with Crippen molar-refractivity contribution in [2.24, 2.45) is 4.99 Å². The van der Waals surface area contributed by atoms with Gasteiger partial charge in [0.05, 0.1) is 0 Å². The van der Waals surface area contributed by atoms with Gasteiger partial charge in [0.2, 0.25) is 0 Å². The number of carbonyl (C=O) groups is 1. The smallest absolute Gasteiger partial charge is 0.251 e. The maximum absolute atomic E-state index is 11.7. The third kappa shape index (κ3) is 5.21. The highest BCUT2D eigenvalue weighted by molar-refractivity contribution is 6.04. The highest BCUT2D eigenvalue weighted by Gasteiger charge is 2.29. The number of guanidine groups is 1. The first-order valence-corrected chi connectivity index (χ1v) is 7.95. The summed E-state index contributed by atoms with van der Waals surface area (Å²) < 4.78 is 0. The zero-order valence-electron chi connectivity index (χ0n) is 12.1. The van der Waals surface area contributed by atoms with E-state index in [0.717, 1.165) is 12.8 Å². The molecule has 108 valence electrons. The van der Waals surface area contributed by atoms with E-state index < -0.39 is 0 Å². The summed E-state index contributed by atoms with van der Waals surface area (Å²) in [4.78, 5) is 16.2. The fourth-order valence-electron chi connectivity index (χ4n) is 2.43. The molecule has 1 fully saturated rings. The van der Waals surface area contributed by atoms with Crippen LogP contribution in [-0.2, 0) is 4.79 Å². The van der Waals surface area contributed by atoms with Gasteiger partial charge in [0.25, 0.3) is 5.91 Å². The van der Waals surface area contributed by atoms with Crippen LogP contribution in [0.2, 0.25) is 0 Å². The van der Waals surface area contributed by atoms with Crippen LogP contribution in [0.15, 0.2) is 4.99 Å². The number of unbranched alkanes of at least 4 members (excludes halogenated alkanes) is 6. The quantitative estimate of drug-likeness (QED) is 0.630. The van der Waals surface area contributed by atoms with Crippen LogP contribution in [-0.4, -0.2) is 24.0 Å². The average molecular weight is 265 g/mol. The van der Waals surface area contributed by atoms with Crippen molar-refractivity contribution in [1.29, 1.82) is 0 Å². The minimum atomic E-state index is -0.142. The molecule has 1 atom stereocenters. The Labute approximate surface area is 116 Å². The van der Waals surface area contributed by atoms with E-state index in [-0.39, 0.29) is 11.9 Å². The predicted molar refractivity (Wildman–Crippen MR) is 78.1 cm³/mol. The lowest BCUT2D eigenvalue weighted by atomic mass is 10.1. The maximum atomic E-state index is 11.7. The number of hydrogen-bond acceptors (Lipinski definition) is 3. The Morgan fingerprint density at radius 3 is 2.53 bits per heavy atom. The van der Waals surface area contributed by atoms with E-state index in [2.05, 4.69) is 22.5 Å². The standard InChI is InChI=1S/C15H27N3O/c1-2-3-4-5-6-7-8-9-13-14(19)18-15(17-13)16-12-10-11-12/h12-13H,2-11H2,1H3,(H2,16,17,18,19). The highest BCUT2D eigenvalue weighted by atomic mass is 16.2.